The molecule has 0 atom stereocenters. The molecule has 0 aromatic heterocycles. The zero-order chi connectivity index (χ0) is 12.0. The molecule has 2 nitrogen and oxygen atoms in total. The van der Waals surface area contributed by atoms with Crippen LogP contribution in [0.2, 0.25) is 0 Å². The second-order valence-corrected chi connectivity index (χ2v) is 4.18. The Morgan fingerprint density at radius 3 is 2.81 bits per heavy atom. The van der Waals surface area contributed by atoms with E-state index < -0.39 is 0 Å². The predicted octanol–water partition coefficient (Wildman–Crippen LogP) is 3.04. The molecule has 0 aliphatic rings. The number of halogens is 1. The number of thioether (sulfide) groups is 1. The summed E-state index contributed by atoms with van der Waals surface area (Å²) in [6.07, 6.45) is 1.73. The number of carbonyl (C=O) groups is 1. The fourth-order valence-corrected chi connectivity index (χ4v) is 1.96. The van der Waals surface area contributed by atoms with Crippen molar-refractivity contribution in [3.63, 3.8) is 0 Å². The molecule has 0 bridgehead atoms. The maximum Gasteiger partial charge on any atom is 0.333 e. The minimum atomic E-state index is -0.353. The van der Waals surface area contributed by atoms with Gasteiger partial charge in [-0.2, -0.15) is 0 Å². The molecule has 0 N–H and O–H groups in total. The molecule has 0 aliphatic heterocycles. The van der Waals surface area contributed by atoms with Crippen LogP contribution in [0.15, 0.2) is 40.8 Å². The van der Waals surface area contributed by atoms with Crippen molar-refractivity contribution in [2.45, 2.75) is 11.8 Å². The molecule has 0 unspecified atom stereocenters. The van der Waals surface area contributed by atoms with Gasteiger partial charge in [0.25, 0.3) is 0 Å². The summed E-state index contributed by atoms with van der Waals surface area (Å²) >= 11 is 1.34. The van der Waals surface area contributed by atoms with Gasteiger partial charge in [-0.15, -0.1) is 11.8 Å². The molecular formula is C12H13FO2S. The lowest BCUT2D eigenvalue weighted by Gasteiger charge is -2.01. The van der Waals surface area contributed by atoms with Crippen molar-refractivity contribution in [1.82, 2.24) is 0 Å². The normalized spacial score (nSPS) is 11.3. The topological polar surface area (TPSA) is 26.3 Å². The van der Waals surface area contributed by atoms with E-state index in [1.165, 1.54) is 24.9 Å². The van der Waals surface area contributed by atoms with Crippen LogP contribution in [0.1, 0.15) is 6.92 Å². The summed E-state index contributed by atoms with van der Waals surface area (Å²) in [4.78, 5) is 11.6. The lowest BCUT2D eigenvalue weighted by Crippen LogP contribution is -2.01. The monoisotopic (exact) mass is 240 g/mol. The smallest absolute Gasteiger partial charge is 0.333 e. The number of hydrogen-bond acceptors (Lipinski definition) is 3. The molecule has 16 heavy (non-hydrogen) atoms. The predicted molar refractivity (Wildman–Crippen MR) is 62.9 cm³/mol. The van der Waals surface area contributed by atoms with Gasteiger partial charge in [0.15, 0.2) is 0 Å². The van der Waals surface area contributed by atoms with Gasteiger partial charge in [-0.1, -0.05) is 18.2 Å². The van der Waals surface area contributed by atoms with Gasteiger partial charge in [0, 0.05) is 16.2 Å². The highest BCUT2D eigenvalue weighted by Gasteiger charge is 2.03. The van der Waals surface area contributed by atoms with E-state index in [0.717, 1.165) is 0 Å². The molecule has 0 fully saturated rings. The van der Waals surface area contributed by atoms with E-state index in [4.69, 9.17) is 0 Å². The zero-order valence-electron chi connectivity index (χ0n) is 9.20. The highest BCUT2D eigenvalue weighted by Crippen LogP contribution is 2.21. The second-order valence-electron chi connectivity index (χ2n) is 3.12. The molecule has 1 aromatic carbocycles. The molecule has 0 aliphatic carbocycles. The van der Waals surface area contributed by atoms with Crippen molar-refractivity contribution in [2.24, 2.45) is 0 Å². The fourth-order valence-electron chi connectivity index (χ4n) is 1.06. The van der Waals surface area contributed by atoms with Gasteiger partial charge < -0.3 is 4.74 Å². The minimum Gasteiger partial charge on any atom is -0.466 e. The van der Waals surface area contributed by atoms with Gasteiger partial charge in [-0.05, 0) is 19.1 Å². The van der Waals surface area contributed by atoms with Crippen LogP contribution in [0.3, 0.4) is 0 Å². The summed E-state index contributed by atoms with van der Waals surface area (Å²) in [6, 6.07) is 6.55. The quantitative estimate of drug-likeness (QED) is 0.459. The largest absolute Gasteiger partial charge is 0.466 e. The van der Waals surface area contributed by atoms with Crippen LogP contribution in [-0.2, 0) is 9.53 Å². The Hall–Kier alpha value is -1.29. The molecule has 0 amide bonds. The number of methoxy groups -OCH3 is 1. The van der Waals surface area contributed by atoms with Gasteiger partial charge in [0.2, 0.25) is 0 Å². The van der Waals surface area contributed by atoms with Gasteiger partial charge >= 0.3 is 5.97 Å². The lowest BCUT2D eigenvalue weighted by molar-refractivity contribution is -0.136. The van der Waals surface area contributed by atoms with E-state index in [2.05, 4.69) is 4.74 Å². The van der Waals surface area contributed by atoms with Gasteiger partial charge in [0.05, 0.1) is 7.11 Å². The van der Waals surface area contributed by atoms with E-state index in [9.17, 15) is 9.18 Å². The van der Waals surface area contributed by atoms with Crippen molar-refractivity contribution in [1.29, 1.82) is 0 Å². The van der Waals surface area contributed by atoms with E-state index in [0.29, 0.717) is 16.2 Å². The Morgan fingerprint density at radius 2 is 2.19 bits per heavy atom. The van der Waals surface area contributed by atoms with Gasteiger partial charge in [0.1, 0.15) is 5.82 Å². The second kappa shape index (κ2) is 6.33. The summed E-state index contributed by atoms with van der Waals surface area (Å²) in [5.41, 5.74) is 0.534. The van der Waals surface area contributed by atoms with Crippen LogP contribution >= 0.6 is 11.8 Å². The average molecular weight is 240 g/mol. The molecule has 0 heterocycles. The van der Waals surface area contributed by atoms with E-state index in [1.807, 2.05) is 0 Å². The molecule has 4 heteroatoms. The third-order valence-corrected chi connectivity index (χ3v) is 2.95. The average Bonchev–Trinajstić information content (AvgIpc) is 2.30. The SMILES string of the molecule is COC(=O)C(C)=CCSc1ccccc1F. The highest BCUT2D eigenvalue weighted by molar-refractivity contribution is 7.99. The zero-order valence-corrected chi connectivity index (χ0v) is 10.0. The van der Waals surface area contributed by atoms with Crippen molar-refractivity contribution in [2.75, 3.05) is 12.9 Å². The van der Waals surface area contributed by atoms with Crippen LogP contribution in [0, 0.1) is 5.82 Å². The molecule has 1 rings (SSSR count). The van der Waals surface area contributed by atoms with Crippen molar-refractivity contribution >= 4 is 17.7 Å². The minimum absolute atomic E-state index is 0.239. The third kappa shape index (κ3) is 3.70. The Bertz CT molecular complexity index is 402. The molecule has 86 valence electrons. The standard InChI is InChI=1S/C12H13FO2S/c1-9(12(14)15-2)7-8-16-11-6-4-3-5-10(11)13/h3-7H,8H2,1-2H3. The number of rotatable bonds is 4. The Morgan fingerprint density at radius 1 is 1.50 bits per heavy atom. The first kappa shape index (κ1) is 12.8. The van der Waals surface area contributed by atoms with E-state index in [-0.39, 0.29) is 11.8 Å². The van der Waals surface area contributed by atoms with Gasteiger partial charge in [-0.25, -0.2) is 9.18 Å². The van der Waals surface area contributed by atoms with Crippen LogP contribution in [0.4, 0.5) is 4.39 Å². The summed E-state index contributed by atoms with van der Waals surface area (Å²) < 4.78 is 17.8. The van der Waals surface area contributed by atoms with E-state index in [1.54, 1.807) is 31.2 Å². The number of esters is 1. The van der Waals surface area contributed by atoms with Crippen molar-refractivity contribution in [3.05, 3.63) is 41.7 Å². The maximum atomic E-state index is 13.2. The van der Waals surface area contributed by atoms with Crippen molar-refractivity contribution < 1.29 is 13.9 Å². The van der Waals surface area contributed by atoms with Crippen LogP contribution in [0.5, 0.6) is 0 Å². The molecule has 0 spiro atoms. The van der Waals surface area contributed by atoms with Crippen LogP contribution in [0.25, 0.3) is 0 Å². The van der Waals surface area contributed by atoms with Crippen LogP contribution < -0.4 is 0 Å². The summed E-state index contributed by atoms with van der Waals surface area (Å²) in [5, 5.41) is 0. The first-order valence-electron chi connectivity index (χ1n) is 4.77. The summed E-state index contributed by atoms with van der Waals surface area (Å²) in [5.74, 6) is -0.0484. The fraction of sp³-hybridized carbons (Fsp3) is 0.250. The molecular weight excluding hydrogens is 227 g/mol. The molecule has 0 saturated heterocycles. The highest BCUT2D eigenvalue weighted by atomic mass is 32.2. The summed E-state index contributed by atoms with van der Waals surface area (Å²) in [6.45, 7) is 1.67. The molecule has 0 radical (unpaired) electrons. The van der Waals surface area contributed by atoms with Crippen molar-refractivity contribution in [3.8, 4) is 0 Å². The Balaban J connectivity index is 2.53. The number of ether oxygens (including phenoxy) is 1. The molecule has 0 saturated carbocycles. The first-order valence-corrected chi connectivity index (χ1v) is 5.76. The number of carbonyl (C=O) groups excluding carboxylic acids is 1. The maximum absolute atomic E-state index is 13.2. The first-order chi connectivity index (χ1) is 7.65. The number of benzene rings is 1. The lowest BCUT2D eigenvalue weighted by atomic mass is 10.3. The Labute approximate surface area is 98.5 Å². The Kier molecular flexibility index (Phi) is 5.05. The summed E-state index contributed by atoms with van der Waals surface area (Å²) in [7, 11) is 1.34. The van der Waals surface area contributed by atoms with Crippen LogP contribution in [-0.4, -0.2) is 18.8 Å². The van der Waals surface area contributed by atoms with E-state index >= 15 is 0 Å². The molecule has 1 aromatic rings. The third-order valence-electron chi connectivity index (χ3n) is 1.97. The number of hydrogen-bond donors (Lipinski definition) is 0. The van der Waals surface area contributed by atoms with Gasteiger partial charge in [-0.3, -0.25) is 0 Å².